The zero-order valence-corrected chi connectivity index (χ0v) is 17.9. The highest BCUT2D eigenvalue weighted by Crippen LogP contribution is 2.22. The van der Waals surface area contributed by atoms with Crippen molar-refractivity contribution in [3.63, 3.8) is 0 Å². The van der Waals surface area contributed by atoms with Crippen LogP contribution in [0.4, 0.5) is 5.69 Å². The Morgan fingerprint density at radius 1 is 1.03 bits per heavy atom. The van der Waals surface area contributed by atoms with Crippen LogP contribution >= 0.6 is 0 Å². The van der Waals surface area contributed by atoms with Crippen LogP contribution in [0.3, 0.4) is 0 Å². The number of nitrogens with one attached hydrogen (secondary N) is 1. The maximum absolute atomic E-state index is 12.6. The molecule has 0 radical (unpaired) electrons. The van der Waals surface area contributed by atoms with Crippen molar-refractivity contribution in [2.45, 2.75) is 37.1 Å². The van der Waals surface area contributed by atoms with Gasteiger partial charge in [0.05, 0.1) is 17.5 Å². The number of anilines is 1. The number of sulfonamides is 1. The number of piperidine rings is 1. The number of hydrogen-bond donors (Lipinski definition) is 1. The molecule has 2 aromatic rings. The molecule has 1 saturated heterocycles. The quantitative estimate of drug-likeness (QED) is 0.754. The van der Waals surface area contributed by atoms with Crippen LogP contribution in [0.25, 0.3) is 0 Å². The highest BCUT2D eigenvalue weighted by Gasteiger charge is 2.23. The van der Waals surface area contributed by atoms with Gasteiger partial charge in [0, 0.05) is 25.8 Å². The Hall–Kier alpha value is -2.38. The van der Waals surface area contributed by atoms with Crippen LogP contribution in [0.15, 0.2) is 59.5 Å². The molecule has 1 aliphatic heterocycles. The van der Waals surface area contributed by atoms with Crippen LogP contribution in [-0.2, 0) is 14.8 Å². The molecule has 29 heavy (non-hydrogen) atoms. The zero-order valence-electron chi connectivity index (χ0n) is 17.0. The maximum Gasteiger partial charge on any atom is 0.243 e. The van der Waals surface area contributed by atoms with Gasteiger partial charge in [-0.05, 0) is 56.0 Å². The molecule has 1 atom stereocenters. The van der Waals surface area contributed by atoms with E-state index in [1.165, 1.54) is 44.1 Å². The monoisotopic (exact) mass is 415 g/mol. The first-order valence-corrected chi connectivity index (χ1v) is 11.5. The molecule has 1 heterocycles. The van der Waals surface area contributed by atoms with E-state index >= 15 is 0 Å². The first-order valence-electron chi connectivity index (χ1n) is 10.0. The molecule has 1 aliphatic rings. The van der Waals surface area contributed by atoms with E-state index in [4.69, 9.17) is 0 Å². The number of amides is 1. The van der Waals surface area contributed by atoms with Crippen molar-refractivity contribution >= 4 is 21.6 Å². The minimum Gasteiger partial charge on any atom is -0.372 e. The smallest absolute Gasteiger partial charge is 0.243 e. The lowest BCUT2D eigenvalue weighted by molar-refractivity contribution is -0.121. The van der Waals surface area contributed by atoms with Gasteiger partial charge in [0.25, 0.3) is 0 Å². The predicted octanol–water partition coefficient (Wildman–Crippen LogP) is 3.17. The second-order valence-electron chi connectivity index (χ2n) is 7.50. The fourth-order valence-corrected chi connectivity index (χ4v) is 4.70. The second-order valence-corrected chi connectivity index (χ2v) is 9.55. The Labute approximate surface area is 173 Å². The van der Waals surface area contributed by atoms with Crippen LogP contribution in [0.1, 0.15) is 37.8 Å². The van der Waals surface area contributed by atoms with Crippen molar-refractivity contribution in [1.29, 1.82) is 0 Å². The van der Waals surface area contributed by atoms with Gasteiger partial charge in [-0.2, -0.15) is 4.31 Å². The van der Waals surface area contributed by atoms with E-state index in [-0.39, 0.29) is 23.4 Å². The first kappa shape index (κ1) is 21.3. The standard InChI is InChI=1S/C22H29N3O3S/c1-18(19-11-13-20(14-12-19)25-15-7-4-8-16-25)23-22(26)17-24(2)29(27,28)21-9-5-3-6-10-21/h3,5-6,9-14,18H,4,7-8,15-17H2,1-2H3,(H,23,26). The minimum atomic E-state index is -3.69. The lowest BCUT2D eigenvalue weighted by atomic mass is 10.1. The lowest BCUT2D eigenvalue weighted by Crippen LogP contribution is -2.39. The van der Waals surface area contributed by atoms with E-state index in [0.29, 0.717) is 0 Å². The van der Waals surface area contributed by atoms with Gasteiger partial charge in [-0.1, -0.05) is 30.3 Å². The summed E-state index contributed by atoms with van der Waals surface area (Å²) in [5.41, 5.74) is 2.20. The normalized spacial score (nSPS) is 15.9. The SMILES string of the molecule is CC(NC(=O)CN(C)S(=O)(=O)c1ccccc1)c1ccc(N2CCCCC2)cc1. The Kier molecular flexibility index (Phi) is 6.92. The maximum atomic E-state index is 12.6. The molecule has 0 bridgehead atoms. The summed E-state index contributed by atoms with van der Waals surface area (Å²) >= 11 is 0. The molecule has 2 aromatic carbocycles. The minimum absolute atomic E-state index is 0.177. The van der Waals surface area contributed by atoms with Gasteiger partial charge < -0.3 is 10.2 Å². The van der Waals surface area contributed by atoms with Crippen LogP contribution in [0.2, 0.25) is 0 Å². The molecular formula is C22H29N3O3S. The number of carbonyl (C=O) groups is 1. The van der Waals surface area contributed by atoms with Gasteiger partial charge >= 0.3 is 0 Å². The fourth-order valence-electron chi connectivity index (χ4n) is 3.56. The van der Waals surface area contributed by atoms with Gasteiger partial charge in [0.1, 0.15) is 0 Å². The van der Waals surface area contributed by atoms with E-state index in [2.05, 4.69) is 22.3 Å². The Bertz CT molecular complexity index is 908. The van der Waals surface area contributed by atoms with Crippen molar-refractivity contribution in [3.05, 3.63) is 60.2 Å². The molecular weight excluding hydrogens is 386 g/mol. The molecule has 1 unspecified atom stereocenters. The molecule has 156 valence electrons. The second kappa shape index (κ2) is 9.41. The molecule has 0 spiro atoms. The average molecular weight is 416 g/mol. The third-order valence-electron chi connectivity index (χ3n) is 5.31. The molecule has 0 saturated carbocycles. The molecule has 0 aromatic heterocycles. The number of hydrogen-bond acceptors (Lipinski definition) is 4. The van der Waals surface area contributed by atoms with Gasteiger partial charge in [-0.25, -0.2) is 8.42 Å². The summed E-state index contributed by atoms with van der Waals surface area (Å²) in [4.78, 5) is 15.0. The molecule has 1 amide bonds. The average Bonchev–Trinajstić information content (AvgIpc) is 2.75. The third-order valence-corrected chi connectivity index (χ3v) is 7.13. The van der Waals surface area contributed by atoms with Gasteiger partial charge in [-0.15, -0.1) is 0 Å². The van der Waals surface area contributed by atoms with E-state index in [9.17, 15) is 13.2 Å². The van der Waals surface area contributed by atoms with Gasteiger partial charge in [0.15, 0.2) is 0 Å². The number of nitrogens with zero attached hydrogens (tertiary/aromatic N) is 2. The molecule has 7 heteroatoms. The van der Waals surface area contributed by atoms with Crippen molar-refractivity contribution in [3.8, 4) is 0 Å². The first-order chi connectivity index (χ1) is 13.9. The third kappa shape index (κ3) is 5.36. The van der Waals surface area contributed by atoms with Crippen molar-refractivity contribution in [2.75, 3.05) is 31.6 Å². The Morgan fingerprint density at radius 3 is 2.28 bits per heavy atom. The number of benzene rings is 2. The molecule has 1 fully saturated rings. The van der Waals surface area contributed by atoms with Crippen molar-refractivity contribution < 1.29 is 13.2 Å². The number of likely N-dealkylation sites (N-methyl/N-ethyl adjacent to an activating group) is 1. The van der Waals surface area contributed by atoms with Crippen LogP contribution in [-0.4, -0.2) is 45.3 Å². The fraction of sp³-hybridized carbons (Fsp3) is 0.409. The summed E-state index contributed by atoms with van der Waals surface area (Å²) in [6, 6.07) is 16.2. The van der Waals surface area contributed by atoms with Gasteiger partial charge in [-0.3, -0.25) is 4.79 Å². The van der Waals surface area contributed by atoms with E-state index in [1.54, 1.807) is 18.2 Å². The summed E-state index contributed by atoms with van der Waals surface area (Å²) in [6.07, 6.45) is 3.76. The van der Waals surface area contributed by atoms with Gasteiger partial charge in [0.2, 0.25) is 15.9 Å². The summed E-state index contributed by atoms with van der Waals surface area (Å²) in [7, 11) is -2.27. The molecule has 1 N–H and O–H groups in total. The number of carbonyl (C=O) groups excluding carboxylic acids is 1. The van der Waals surface area contributed by atoms with E-state index < -0.39 is 10.0 Å². The summed E-state index contributed by atoms with van der Waals surface area (Å²) in [5.74, 6) is -0.334. The van der Waals surface area contributed by atoms with Crippen molar-refractivity contribution in [2.24, 2.45) is 0 Å². The summed E-state index contributed by atoms with van der Waals surface area (Å²) in [6.45, 7) is 3.86. The topological polar surface area (TPSA) is 69.7 Å². The van der Waals surface area contributed by atoms with Crippen LogP contribution in [0, 0.1) is 0 Å². The highest BCUT2D eigenvalue weighted by molar-refractivity contribution is 7.89. The summed E-state index contributed by atoms with van der Waals surface area (Å²) < 4.78 is 26.2. The molecule has 3 rings (SSSR count). The zero-order chi connectivity index (χ0) is 20.9. The van der Waals surface area contributed by atoms with Crippen molar-refractivity contribution in [1.82, 2.24) is 9.62 Å². The van der Waals surface area contributed by atoms with Crippen LogP contribution < -0.4 is 10.2 Å². The lowest BCUT2D eigenvalue weighted by Gasteiger charge is -2.29. The predicted molar refractivity (Wildman–Crippen MR) is 115 cm³/mol. The molecule has 0 aliphatic carbocycles. The number of rotatable bonds is 7. The Balaban J connectivity index is 1.57. The largest absolute Gasteiger partial charge is 0.372 e. The highest BCUT2D eigenvalue weighted by atomic mass is 32.2. The molecule has 6 nitrogen and oxygen atoms in total. The van der Waals surface area contributed by atoms with Crippen LogP contribution in [0.5, 0.6) is 0 Å². The Morgan fingerprint density at radius 2 is 1.66 bits per heavy atom. The summed E-state index contributed by atoms with van der Waals surface area (Å²) in [5, 5.41) is 2.89. The van der Waals surface area contributed by atoms with E-state index in [1.807, 2.05) is 19.1 Å². The van der Waals surface area contributed by atoms with E-state index in [0.717, 1.165) is 23.0 Å².